The van der Waals surface area contributed by atoms with Gasteiger partial charge in [-0.25, -0.2) is 4.79 Å². The topological polar surface area (TPSA) is 116 Å². The molecule has 0 spiro atoms. The Hall–Kier alpha value is -3.53. The molecule has 148 valence electrons. The molecule has 28 heavy (non-hydrogen) atoms. The van der Waals surface area contributed by atoms with Gasteiger partial charge in [0, 0.05) is 12.0 Å². The monoisotopic (exact) mass is 384 g/mol. The highest BCUT2D eigenvalue weighted by Crippen LogP contribution is 2.20. The lowest BCUT2D eigenvalue weighted by molar-refractivity contribution is 0.103. The van der Waals surface area contributed by atoms with E-state index in [-0.39, 0.29) is 22.6 Å². The Morgan fingerprint density at radius 1 is 1.46 bits per heavy atom. The summed E-state index contributed by atoms with van der Waals surface area (Å²) in [6.07, 6.45) is 4.95. The van der Waals surface area contributed by atoms with Crippen molar-refractivity contribution in [2.45, 2.75) is 26.7 Å². The van der Waals surface area contributed by atoms with Crippen LogP contribution in [-0.2, 0) is 4.74 Å². The van der Waals surface area contributed by atoms with E-state index in [1.54, 1.807) is 12.1 Å². The number of oxazole rings is 1. The van der Waals surface area contributed by atoms with Gasteiger partial charge < -0.3 is 14.3 Å². The minimum atomic E-state index is -0.613. The van der Waals surface area contributed by atoms with Crippen LogP contribution in [0.3, 0.4) is 0 Å². The van der Waals surface area contributed by atoms with Gasteiger partial charge in [-0.15, -0.1) is 6.58 Å². The molecule has 0 saturated carbocycles. The van der Waals surface area contributed by atoms with Crippen LogP contribution in [0.15, 0.2) is 63.7 Å². The number of carbonyl (C=O) groups is 1. The number of nitriles is 1. The molecule has 7 heteroatoms. The lowest BCUT2D eigenvalue weighted by atomic mass is 9.96. The highest BCUT2D eigenvalue weighted by Gasteiger charge is 2.16. The molecule has 0 amide bonds. The number of nitrogens with zero attached hydrogens (tertiary/aromatic N) is 1. The first-order valence-electron chi connectivity index (χ1n) is 8.81. The fourth-order valence-corrected chi connectivity index (χ4v) is 2.42. The van der Waals surface area contributed by atoms with Gasteiger partial charge in [0.15, 0.2) is 5.58 Å². The van der Waals surface area contributed by atoms with E-state index in [2.05, 4.69) is 11.6 Å². The van der Waals surface area contributed by atoms with Crippen molar-refractivity contribution in [3.63, 3.8) is 0 Å². The maximum atomic E-state index is 12.6. The smallest absolute Gasteiger partial charge is 0.417 e. The van der Waals surface area contributed by atoms with Gasteiger partial charge in [-0.05, 0) is 30.5 Å². The van der Waals surface area contributed by atoms with Crippen molar-refractivity contribution >= 4 is 16.9 Å². The van der Waals surface area contributed by atoms with Crippen molar-refractivity contribution in [2.24, 2.45) is 5.92 Å². The number of ketones is 1. The number of nitrogens with one attached hydrogen (secondary N) is 1. The van der Waals surface area contributed by atoms with Gasteiger partial charge in [-0.2, -0.15) is 5.26 Å². The normalized spacial score (nSPS) is 12.5. The Labute approximate surface area is 163 Å². The van der Waals surface area contributed by atoms with Gasteiger partial charge in [0.1, 0.15) is 18.1 Å². The van der Waals surface area contributed by atoms with E-state index < -0.39 is 11.5 Å². The molecule has 0 saturated heterocycles. The minimum Gasteiger partial charge on any atom is -0.512 e. The number of ether oxygens (including phenoxy) is 1. The molecule has 2 N–H and O–H groups in total. The maximum Gasteiger partial charge on any atom is 0.417 e. The Morgan fingerprint density at radius 2 is 2.18 bits per heavy atom. The number of allylic oxidation sites excluding steroid dienone is 4. The van der Waals surface area contributed by atoms with Crippen LogP contribution in [0.2, 0.25) is 0 Å². The summed E-state index contributed by atoms with van der Waals surface area (Å²) in [7, 11) is 1.45. The fraction of sp³-hybridized carbons (Fsp3) is 0.286. The van der Waals surface area contributed by atoms with E-state index in [1.165, 1.54) is 25.3 Å². The molecule has 1 heterocycles. The van der Waals surface area contributed by atoms with Crippen LogP contribution in [0.1, 0.15) is 37.0 Å². The Bertz CT molecular complexity index is 973. The Kier molecular flexibility index (Phi) is 9.04. The highest BCUT2D eigenvalue weighted by molar-refractivity contribution is 6.12. The molecule has 1 aromatic heterocycles. The van der Waals surface area contributed by atoms with Gasteiger partial charge in [0.2, 0.25) is 5.78 Å². The minimum absolute atomic E-state index is 0.0425. The number of Topliss-reactive ketones (excluding diaryl/α,β-unsaturated/α-hetero) is 1. The van der Waals surface area contributed by atoms with E-state index in [4.69, 9.17) is 14.3 Å². The number of carbonyl (C=O) groups excluding carboxylic acids is 1. The summed E-state index contributed by atoms with van der Waals surface area (Å²) in [5, 5.41) is 18.4. The van der Waals surface area contributed by atoms with Crippen LogP contribution in [0, 0.1) is 17.2 Å². The van der Waals surface area contributed by atoms with Crippen LogP contribution < -0.4 is 5.76 Å². The third-order valence-electron chi connectivity index (χ3n) is 3.86. The van der Waals surface area contributed by atoms with Crippen LogP contribution in [0.5, 0.6) is 0 Å². The third-order valence-corrected chi connectivity index (χ3v) is 3.86. The molecule has 1 atom stereocenters. The van der Waals surface area contributed by atoms with E-state index in [9.17, 15) is 14.9 Å². The van der Waals surface area contributed by atoms with Gasteiger partial charge in [-0.1, -0.05) is 26.0 Å². The molecule has 1 aromatic carbocycles. The van der Waals surface area contributed by atoms with Crippen LogP contribution in [-0.4, -0.2) is 23.0 Å². The summed E-state index contributed by atoms with van der Waals surface area (Å²) in [5.74, 6) is -0.955. The van der Waals surface area contributed by atoms with Crippen molar-refractivity contribution in [1.29, 1.82) is 5.26 Å². The molecule has 1 unspecified atom stereocenters. The van der Waals surface area contributed by atoms with Crippen molar-refractivity contribution in [3.8, 4) is 6.07 Å². The first-order chi connectivity index (χ1) is 13.5. The zero-order valence-electron chi connectivity index (χ0n) is 16.2. The van der Waals surface area contributed by atoms with E-state index in [0.717, 1.165) is 6.26 Å². The summed E-state index contributed by atoms with van der Waals surface area (Å²) in [5.41, 5.74) is 0.917. The first kappa shape index (κ1) is 22.5. The third kappa shape index (κ3) is 5.74. The number of H-pyrrole nitrogens is 1. The number of aliphatic hydroxyl groups excluding tert-OH is 1. The lowest BCUT2D eigenvalue weighted by Crippen LogP contribution is -2.05. The average molecular weight is 384 g/mol. The second kappa shape index (κ2) is 11.2. The summed E-state index contributed by atoms with van der Waals surface area (Å²) >= 11 is 0. The average Bonchev–Trinajstić information content (AvgIpc) is 3.11. The summed E-state index contributed by atoms with van der Waals surface area (Å²) in [6.45, 7) is 7.71. The predicted molar refractivity (Wildman–Crippen MR) is 107 cm³/mol. The Balaban J connectivity index is 0.00000190. The number of aliphatic hydroxyl groups is 1. The quantitative estimate of drug-likeness (QED) is 0.229. The van der Waals surface area contributed by atoms with E-state index in [1.807, 2.05) is 19.9 Å². The molecule has 2 aromatic rings. The van der Waals surface area contributed by atoms with Gasteiger partial charge in [0.05, 0.1) is 18.2 Å². The van der Waals surface area contributed by atoms with Gasteiger partial charge in [0.25, 0.3) is 0 Å². The van der Waals surface area contributed by atoms with Crippen molar-refractivity contribution in [3.05, 3.63) is 70.6 Å². The first-order valence-corrected chi connectivity index (χ1v) is 8.81. The SMILES string of the molecule is C=CC(/C=C(\C#N)C(=O)c1ccc2[nH]c(=O)oc2c1)CC/C(=C/O)OC.CC. The van der Waals surface area contributed by atoms with Crippen LogP contribution >= 0.6 is 0 Å². The molecular formula is C21H24N2O5. The lowest BCUT2D eigenvalue weighted by Gasteiger charge is -2.10. The number of aromatic amines is 1. The molecule has 0 aliphatic carbocycles. The molecular weight excluding hydrogens is 360 g/mol. The molecule has 7 nitrogen and oxygen atoms in total. The Morgan fingerprint density at radius 3 is 2.75 bits per heavy atom. The summed E-state index contributed by atoms with van der Waals surface area (Å²) < 4.78 is 9.91. The second-order valence-electron chi connectivity index (χ2n) is 5.48. The zero-order valence-corrected chi connectivity index (χ0v) is 16.2. The summed E-state index contributed by atoms with van der Waals surface area (Å²) in [6, 6.07) is 6.38. The standard InChI is InChI=1S/C19H18N2O5.C2H6/c1-3-12(4-6-15(11-22)25-2)8-14(10-20)18(23)13-5-7-16-17(9-13)26-19(24)21-16;1-2/h3,5,7-9,11-12,22H,1,4,6H2,2H3,(H,21,24);1-2H3/b14-8+,15-11-;. The maximum absolute atomic E-state index is 12.6. The zero-order chi connectivity index (χ0) is 21.1. The van der Waals surface area contributed by atoms with Crippen LogP contribution in [0.4, 0.5) is 0 Å². The van der Waals surface area contributed by atoms with Gasteiger partial charge in [-0.3, -0.25) is 9.78 Å². The number of hydrogen-bond acceptors (Lipinski definition) is 6. The molecule has 0 fully saturated rings. The predicted octanol–water partition coefficient (Wildman–Crippen LogP) is 4.41. The largest absolute Gasteiger partial charge is 0.512 e. The second-order valence-corrected chi connectivity index (χ2v) is 5.48. The molecule has 0 radical (unpaired) electrons. The summed E-state index contributed by atoms with van der Waals surface area (Å²) in [4.78, 5) is 26.3. The number of fused-ring (bicyclic) bond motifs is 1. The number of aromatic nitrogens is 1. The molecule has 0 bridgehead atoms. The van der Waals surface area contributed by atoms with Gasteiger partial charge >= 0.3 is 5.76 Å². The van der Waals surface area contributed by atoms with Crippen molar-refractivity contribution in [1.82, 2.24) is 4.98 Å². The highest BCUT2D eigenvalue weighted by atomic mass is 16.5. The van der Waals surface area contributed by atoms with Crippen molar-refractivity contribution in [2.75, 3.05) is 7.11 Å². The van der Waals surface area contributed by atoms with E-state index >= 15 is 0 Å². The number of hydrogen-bond donors (Lipinski definition) is 2. The van der Waals surface area contributed by atoms with E-state index in [0.29, 0.717) is 24.1 Å². The number of methoxy groups -OCH3 is 1. The molecule has 0 aliphatic rings. The molecule has 2 rings (SSSR count). The number of benzene rings is 1. The van der Waals surface area contributed by atoms with Crippen LogP contribution in [0.25, 0.3) is 11.1 Å². The number of rotatable bonds is 8. The van der Waals surface area contributed by atoms with Crippen molar-refractivity contribution < 1.29 is 19.1 Å². The fourth-order valence-electron chi connectivity index (χ4n) is 2.42. The molecule has 0 aliphatic heterocycles.